The molecule has 2 amide bonds. The van der Waals surface area contributed by atoms with Gasteiger partial charge in [-0.05, 0) is 39.8 Å². The summed E-state index contributed by atoms with van der Waals surface area (Å²) in [7, 11) is 0. The number of amides is 2. The average Bonchev–Trinajstić information content (AvgIpc) is 3.09. The Hall–Kier alpha value is -4.34. The fourth-order valence-corrected chi connectivity index (χ4v) is 8.17. The van der Waals surface area contributed by atoms with Crippen LogP contribution >= 0.6 is 23.5 Å². The van der Waals surface area contributed by atoms with Crippen LogP contribution in [0.5, 0.6) is 0 Å². The highest BCUT2D eigenvalue weighted by Gasteiger charge is 2.58. The maximum atomic E-state index is 14.3. The summed E-state index contributed by atoms with van der Waals surface area (Å²) in [5, 5.41) is 4.66. The Balaban J connectivity index is 1.20. The molecule has 0 saturated carbocycles. The van der Waals surface area contributed by atoms with E-state index in [0.717, 1.165) is 22.3 Å². The predicted octanol–water partition coefficient (Wildman–Crippen LogP) is 5.75. The second kappa shape index (κ2) is 14.2. The standard InChI is InChI=1S/C36H33N3O4S2/c40-30(21-26-11-4-1-5-12-26)38-31-33(41)39-23-36(25-45-34(31)39,24-44-20-18-27-13-10-19-37-22-27)35(42)43-32(28-14-6-2-7-15-28)29-16-8-3-9-17-29/h1-20,22,31-32,34H,21,23-25H2,(H,38,40)/t31?,34-,36?/m1/s1. The number of carbonyl (C=O) groups excluding carboxylic acids is 3. The highest BCUT2D eigenvalue weighted by molar-refractivity contribution is 8.02. The van der Waals surface area contributed by atoms with Crippen LogP contribution in [0.2, 0.25) is 0 Å². The lowest BCUT2D eigenvalue weighted by Crippen LogP contribution is -2.74. The number of esters is 1. The van der Waals surface area contributed by atoms with E-state index < -0.39 is 17.6 Å². The number of carbonyl (C=O) groups is 3. The monoisotopic (exact) mass is 635 g/mol. The number of nitrogens with zero attached hydrogens (tertiary/aromatic N) is 2. The molecule has 9 heteroatoms. The van der Waals surface area contributed by atoms with Gasteiger partial charge in [-0.25, -0.2) is 0 Å². The zero-order valence-corrected chi connectivity index (χ0v) is 26.2. The van der Waals surface area contributed by atoms with Crippen molar-refractivity contribution >= 4 is 47.4 Å². The van der Waals surface area contributed by atoms with E-state index in [0.29, 0.717) is 11.5 Å². The highest BCUT2D eigenvalue weighted by atomic mass is 32.2. The number of thioether (sulfide) groups is 2. The lowest BCUT2D eigenvalue weighted by molar-refractivity contribution is -0.164. The van der Waals surface area contributed by atoms with Gasteiger partial charge in [-0.3, -0.25) is 19.4 Å². The first-order chi connectivity index (χ1) is 22.0. The number of hydrogen-bond donors (Lipinski definition) is 1. The number of pyridine rings is 1. The van der Waals surface area contributed by atoms with Crippen molar-refractivity contribution in [3.63, 3.8) is 0 Å². The fourth-order valence-electron chi connectivity index (χ4n) is 5.53. The summed E-state index contributed by atoms with van der Waals surface area (Å²) in [6.45, 7) is 0.220. The molecule has 6 rings (SSSR count). The molecular weight excluding hydrogens is 603 g/mol. The molecule has 0 spiro atoms. The number of ether oxygens (including phenoxy) is 1. The molecule has 228 valence electrons. The summed E-state index contributed by atoms with van der Waals surface area (Å²) < 4.78 is 6.37. The van der Waals surface area contributed by atoms with Crippen molar-refractivity contribution in [1.29, 1.82) is 0 Å². The van der Waals surface area contributed by atoms with Crippen LogP contribution in [0.4, 0.5) is 0 Å². The van der Waals surface area contributed by atoms with Crippen LogP contribution in [0, 0.1) is 5.41 Å². The Kier molecular flexibility index (Phi) is 9.66. The Labute approximate surface area is 271 Å². The molecule has 2 aliphatic rings. The van der Waals surface area contributed by atoms with Crippen LogP contribution in [-0.2, 0) is 25.5 Å². The Bertz CT molecular complexity index is 1600. The van der Waals surface area contributed by atoms with Crippen molar-refractivity contribution in [2.45, 2.75) is 23.9 Å². The minimum atomic E-state index is -0.957. The number of benzene rings is 3. The van der Waals surface area contributed by atoms with Crippen molar-refractivity contribution in [1.82, 2.24) is 15.2 Å². The van der Waals surface area contributed by atoms with Gasteiger partial charge in [0.2, 0.25) is 11.8 Å². The number of fused-ring (bicyclic) bond motifs is 1. The molecule has 1 N–H and O–H groups in total. The quantitative estimate of drug-likeness (QED) is 0.166. The maximum Gasteiger partial charge on any atom is 0.316 e. The van der Waals surface area contributed by atoms with Gasteiger partial charge in [0.25, 0.3) is 0 Å². The lowest BCUT2D eigenvalue weighted by atomic mass is 9.88. The molecule has 3 aromatic carbocycles. The van der Waals surface area contributed by atoms with Gasteiger partial charge in [0.15, 0.2) is 6.10 Å². The van der Waals surface area contributed by atoms with Crippen LogP contribution in [0.25, 0.3) is 6.08 Å². The molecule has 7 nitrogen and oxygen atoms in total. The zero-order chi connectivity index (χ0) is 31.1. The van der Waals surface area contributed by atoms with Crippen molar-refractivity contribution in [3.05, 3.63) is 143 Å². The summed E-state index contributed by atoms with van der Waals surface area (Å²) in [4.78, 5) is 46.3. The molecule has 0 radical (unpaired) electrons. The van der Waals surface area contributed by atoms with E-state index in [-0.39, 0.29) is 36.1 Å². The van der Waals surface area contributed by atoms with Crippen LogP contribution < -0.4 is 5.32 Å². The Morgan fingerprint density at radius 1 is 0.978 bits per heavy atom. The van der Waals surface area contributed by atoms with Crippen molar-refractivity contribution < 1.29 is 19.1 Å². The second-order valence-electron chi connectivity index (χ2n) is 11.2. The number of rotatable bonds is 11. The number of hydrogen-bond acceptors (Lipinski definition) is 7. The van der Waals surface area contributed by atoms with Gasteiger partial charge in [0.05, 0.1) is 6.42 Å². The third-order valence-electron chi connectivity index (χ3n) is 7.93. The average molecular weight is 636 g/mol. The molecule has 0 aliphatic carbocycles. The molecule has 2 unspecified atom stereocenters. The van der Waals surface area contributed by atoms with Crippen molar-refractivity contribution in [2.75, 3.05) is 18.1 Å². The molecule has 1 aromatic heterocycles. The largest absolute Gasteiger partial charge is 0.452 e. The van der Waals surface area contributed by atoms with Crippen LogP contribution in [-0.4, -0.2) is 57.1 Å². The maximum absolute atomic E-state index is 14.3. The smallest absolute Gasteiger partial charge is 0.316 e. The summed E-state index contributed by atoms with van der Waals surface area (Å²) in [6.07, 6.45) is 5.07. The molecule has 2 fully saturated rings. The predicted molar refractivity (Wildman–Crippen MR) is 179 cm³/mol. The zero-order valence-electron chi connectivity index (χ0n) is 24.5. The van der Waals surface area contributed by atoms with E-state index >= 15 is 0 Å². The first kappa shape index (κ1) is 30.7. The van der Waals surface area contributed by atoms with Crippen LogP contribution in [0.3, 0.4) is 0 Å². The van der Waals surface area contributed by atoms with Crippen LogP contribution in [0.1, 0.15) is 28.4 Å². The van der Waals surface area contributed by atoms with Gasteiger partial charge in [0.1, 0.15) is 16.8 Å². The molecule has 2 aliphatic heterocycles. The van der Waals surface area contributed by atoms with E-state index in [1.807, 2.05) is 115 Å². The summed E-state index contributed by atoms with van der Waals surface area (Å²) >= 11 is 3.04. The van der Waals surface area contributed by atoms with Gasteiger partial charge in [-0.15, -0.1) is 23.5 Å². The molecule has 4 aromatic rings. The van der Waals surface area contributed by atoms with E-state index in [9.17, 15) is 14.4 Å². The third-order valence-corrected chi connectivity index (χ3v) is 10.6. The number of nitrogens with one attached hydrogen (secondary N) is 1. The van der Waals surface area contributed by atoms with Crippen molar-refractivity contribution in [2.24, 2.45) is 5.41 Å². The van der Waals surface area contributed by atoms with Gasteiger partial charge in [-0.1, -0.05) is 97.1 Å². The molecule has 2 saturated heterocycles. The van der Waals surface area contributed by atoms with Gasteiger partial charge < -0.3 is 15.0 Å². The van der Waals surface area contributed by atoms with Crippen LogP contribution in [0.15, 0.2) is 121 Å². The first-order valence-corrected chi connectivity index (χ1v) is 16.9. The minimum absolute atomic E-state index is 0.177. The van der Waals surface area contributed by atoms with Gasteiger partial charge >= 0.3 is 5.97 Å². The topological polar surface area (TPSA) is 88.6 Å². The summed E-state index contributed by atoms with van der Waals surface area (Å²) in [6, 6.07) is 32.1. The van der Waals surface area contributed by atoms with E-state index in [1.54, 1.807) is 17.3 Å². The van der Waals surface area contributed by atoms with E-state index in [4.69, 9.17) is 4.74 Å². The Morgan fingerprint density at radius 3 is 2.29 bits per heavy atom. The SMILES string of the molecule is O=C(Cc1ccccc1)NC1C(=O)N2CC(CSC=Cc3cccnc3)(C(=O)OC(c3ccccc3)c3ccccc3)CS[C@H]12. The van der Waals surface area contributed by atoms with E-state index in [1.165, 1.54) is 23.5 Å². The molecule has 3 atom stereocenters. The Morgan fingerprint density at radius 2 is 1.64 bits per heavy atom. The second-order valence-corrected chi connectivity index (χ2v) is 13.2. The molecule has 45 heavy (non-hydrogen) atoms. The van der Waals surface area contributed by atoms with Gasteiger partial charge in [0, 0.05) is 30.4 Å². The van der Waals surface area contributed by atoms with E-state index in [2.05, 4.69) is 10.3 Å². The first-order valence-electron chi connectivity index (χ1n) is 14.8. The molecule has 0 bridgehead atoms. The normalized spacial score (nSPS) is 20.8. The minimum Gasteiger partial charge on any atom is -0.452 e. The summed E-state index contributed by atoms with van der Waals surface area (Å²) in [5.74, 6) is 0.158. The summed E-state index contributed by atoms with van der Waals surface area (Å²) in [5.41, 5.74) is 2.64. The number of β-lactam (4-membered cyclic amide) rings is 1. The van der Waals surface area contributed by atoms with Crippen molar-refractivity contribution in [3.8, 4) is 0 Å². The molecular formula is C36H33N3O4S2. The van der Waals surface area contributed by atoms with Gasteiger partial charge in [-0.2, -0.15) is 0 Å². The molecule has 3 heterocycles. The fraction of sp³-hybridized carbons (Fsp3) is 0.222. The third kappa shape index (κ3) is 7.16. The number of aromatic nitrogens is 1. The lowest BCUT2D eigenvalue weighted by Gasteiger charge is -2.54. The highest BCUT2D eigenvalue weighted by Crippen LogP contribution is 2.45.